The van der Waals surface area contributed by atoms with Crippen molar-refractivity contribution in [2.45, 2.75) is 25.4 Å². The zero-order valence-electron chi connectivity index (χ0n) is 11.9. The van der Waals surface area contributed by atoms with Gasteiger partial charge < -0.3 is 5.11 Å². The minimum atomic E-state index is -0.417. The molecule has 0 amide bonds. The van der Waals surface area contributed by atoms with Gasteiger partial charge >= 0.3 is 0 Å². The summed E-state index contributed by atoms with van der Waals surface area (Å²) in [7, 11) is 0. The van der Waals surface area contributed by atoms with Crippen LogP contribution in [0.1, 0.15) is 30.1 Å². The topological polar surface area (TPSA) is 33.1 Å². The predicted molar refractivity (Wildman–Crippen MR) is 86.1 cm³/mol. The molecule has 0 saturated carbocycles. The highest BCUT2D eigenvalue weighted by Crippen LogP contribution is 2.26. The fourth-order valence-corrected chi connectivity index (χ4v) is 2.74. The predicted octanol–water partition coefficient (Wildman–Crippen LogP) is 4.29. The zero-order valence-corrected chi connectivity index (χ0v) is 11.9. The van der Waals surface area contributed by atoms with Crippen LogP contribution in [0.4, 0.5) is 0 Å². The minimum absolute atomic E-state index is 0.417. The molecule has 106 valence electrons. The van der Waals surface area contributed by atoms with Crippen LogP contribution in [0.2, 0.25) is 0 Å². The lowest BCUT2D eigenvalue weighted by Crippen LogP contribution is -1.99. The Morgan fingerprint density at radius 2 is 1.81 bits per heavy atom. The fraction of sp³-hybridized carbons (Fsp3) is 0.211. The SMILES string of the molecule is OC(CCCc1ccccc1)c1cccc2cnccc12. The maximum atomic E-state index is 10.5. The first-order valence-electron chi connectivity index (χ1n) is 7.39. The highest BCUT2D eigenvalue weighted by molar-refractivity contribution is 5.85. The second kappa shape index (κ2) is 6.51. The Hall–Kier alpha value is -2.19. The van der Waals surface area contributed by atoms with Crippen LogP contribution < -0.4 is 0 Å². The van der Waals surface area contributed by atoms with Gasteiger partial charge in [0, 0.05) is 17.8 Å². The molecule has 21 heavy (non-hydrogen) atoms. The Kier molecular flexibility index (Phi) is 4.27. The Bertz CT molecular complexity index is 704. The van der Waals surface area contributed by atoms with Gasteiger partial charge in [-0.15, -0.1) is 0 Å². The average Bonchev–Trinajstić information content (AvgIpc) is 2.55. The van der Waals surface area contributed by atoms with E-state index in [9.17, 15) is 5.11 Å². The maximum Gasteiger partial charge on any atom is 0.0796 e. The number of aryl methyl sites for hydroxylation is 1. The van der Waals surface area contributed by atoms with Crippen molar-refractivity contribution in [1.82, 2.24) is 4.98 Å². The maximum absolute atomic E-state index is 10.5. The Labute approximate surface area is 125 Å². The largest absolute Gasteiger partial charge is 0.388 e. The van der Waals surface area contributed by atoms with E-state index in [1.807, 2.05) is 36.5 Å². The molecule has 0 radical (unpaired) electrons. The van der Waals surface area contributed by atoms with E-state index < -0.39 is 6.10 Å². The molecule has 0 aliphatic heterocycles. The average molecular weight is 277 g/mol. The Morgan fingerprint density at radius 1 is 0.952 bits per heavy atom. The van der Waals surface area contributed by atoms with Crippen LogP contribution in [0.25, 0.3) is 10.8 Å². The summed E-state index contributed by atoms with van der Waals surface area (Å²) in [6.07, 6.45) is 5.96. The molecule has 1 unspecified atom stereocenters. The molecular formula is C19H19NO. The van der Waals surface area contributed by atoms with Crippen molar-refractivity contribution in [3.05, 3.63) is 78.1 Å². The molecule has 0 aliphatic rings. The molecule has 0 bridgehead atoms. The summed E-state index contributed by atoms with van der Waals surface area (Å²) in [5.41, 5.74) is 2.33. The number of rotatable bonds is 5. The van der Waals surface area contributed by atoms with Gasteiger partial charge in [0.2, 0.25) is 0 Å². The minimum Gasteiger partial charge on any atom is -0.388 e. The molecule has 0 aliphatic carbocycles. The van der Waals surface area contributed by atoms with Gasteiger partial charge in [0.15, 0.2) is 0 Å². The number of aliphatic hydroxyl groups excluding tert-OH is 1. The third-order valence-electron chi connectivity index (χ3n) is 3.86. The van der Waals surface area contributed by atoms with Gasteiger partial charge in [-0.25, -0.2) is 0 Å². The van der Waals surface area contributed by atoms with Crippen LogP contribution >= 0.6 is 0 Å². The standard InChI is InChI=1S/C19H19NO/c21-19(11-4-8-15-6-2-1-3-7-15)18-10-5-9-16-14-20-13-12-17(16)18/h1-3,5-7,9-10,12-14,19,21H,4,8,11H2. The van der Waals surface area contributed by atoms with Crippen LogP contribution in [0.5, 0.6) is 0 Å². The van der Waals surface area contributed by atoms with E-state index in [0.29, 0.717) is 0 Å². The first kappa shape index (κ1) is 13.8. The first-order valence-corrected chi connectivity index (χ1v) is 7.39. The van der Waals surface area contributed by atoms with Gasteiger partial charge in [0.05, 0.1) is 6.10 Å². The van der Waals surface area contributed by atoms with Gasteiger partial charge in [0.1, 0.15) is 0 Å². The Balaban J connectivity index is 1.68. The van der Waals surface area contributed by atoms with Crippen molar-refractivity contribution in [2.75, 3.05) is 0 Å². The number of aliphatic hydroxyl groups is 1. The van der Waals surface area contributed by atoms with Gasteiger partial charge in [-0.2, -0.15) is 0 Å². The number of hydrogen-bond donors (Lipinski definition) is 1. The lowest BCUT2D eigenvalue weighted by molar-refractivity contribution is 0.166. The molecule has 2 aromatic carbocycles. The fourth-order valence-electron chi connectivity index (χ4n) is 2.74. The molecule has 0 fully saturated rings. The summed E-state index contributed by atoms with van der Waals surface area (Å²) < 4.78 is 0. The number of pyridine rings is 1. The van der Waals surface area contributed by atoms with Gasteiger partial charge in [-0.3, -0.25) is 4.98 Å². The van der Waals surface area contributed by atoms with Crippen molar-refractivity contribution < 1.29 is 5.11 Å². The molecular weight excluding hydrogens is 258 g/mol. The quantitative estimate of drug-likeness (QED) is 0.754. The van der Waals surface area contributed by atoms with Crippen molar-refractivity contribution in [3.63, 3.8) is 0 Å². The van der Waals surface area contributed by atoms with Crippen LogP contribution in [-0.4, -0.2) is 10.1 Å². The van der Waals surface area contributed by atoms with Crippen LogP contribution in [0.3, 0.4) is 0 Å². The number of aromatic nitrogens is 1. The van der Waals surface area contributed by atoms with E-state index in [1.165, 1.54) is 5.56 Å². The van der Waals surface area contributed by atoms with Gasteiger partial charge in [-0.1, -0.05) is 48.5 Å². The lowest BCUT2D eigenvalue weighted by atomic mass is 9.97. The van der Waals surface area contributed by atoms with Crippen LogP contribution in [-0.2, 0) is 6.42 Å². The van der Waals surface area contributed by atoms with E-state index >= 15 is 0 Å². The van der Waals surface area contributed by atoms with E-state index in [-0.39, 0.29) is 0 Å². The van der Waals surface area contributed by atoms with Gasteiger partial charge in [0.25, 0.3) is 0 Å². The second-order valence-electron chi connectivity index (χ2n) is 5.34. The molecule has 1 N–H and O–H groups in total. The molecule has 3 rings (SSSR count). The second-order valence-corrected chi connectivity index (χ2v) is 5.34. The molecule has 1 aromatic heterocycles. The smallest absolute Gasteiger partial charge is 0.0796 e. The molecule has 0 spiro atoms. The molecule has 1 heterocycles. The van der Waals surface area contributed by atoms with Crippen LogP contribution in [0, 0.1) is 0 Å². The van der Waals surface area contributed by atoms with Gasteiger partial charge in [-0.05, 0) is 41.8 Å². The first-order chi connectivity index (χ1) is 10.3. The molecule has 2 heteroatoms. The highest BCUT2D eigenvalue weighted by Gasteiger charge is 2.10. The summed E-state index contributed by atoms with van der Waals surface area (Å²) in [6.45, 7) is 0. The summed E-state index contributed by atoms with van der Waals surface area (Å²) in [4.78, 5) is 4.13. The number of hydrogen-bond acceptors (Lipinski definition) is 2. The molecule has 3 aromatic rings. The number of fused-ring (bicyclic) bond motifs is 1. The zero-order chi connectivity index (χ0) is 14.5. The van der Waals surface area contributed by atoms with E-state index in [1.54, 1.807) is 6.20 Å². The summed E-state index contributed by atoms with van der Waals surface area (Å²) in [5, 5.41) is 12.7. The number of benzene rings is 2. The summed E-state index contributed by atoms with van der Waals surface area (Å²) in [5.74, 6) is 0. The van der Waals surface area contributed by atoms with Crippen molar-refractivity contribution in [2.24, 2.45) is 0 Å². The Morgan fingerprint density at radius 3 is 2.67 bits per heavy atom. The van der Waals surface area contributed by atoms with E-state index in [4.69, 9.17) is 0 Å². The van der Waals surface area contributed by atoms with Crippen molar-refractivity contribution in [1.29, 1.82) is 0 Å². The summed E-state index contributed by atoms with van der Waals surface area (Å²) >= 11 is 0. The monoisotopic (exact) mass is 277 g/mol. The molecule has 1 atom stereocenters. The van der Waals surface area contributed by atoms with Crippen molar-refractivity contribution in [3.8, 4) is 0 Å². The lowest BCUT2D eigenvalue weighted by Gasteiger charge is -2.13. The highest BCUT2D eigenvalue weighted by atomic mass is 16.3. The van der Waals surface area contributed by atoms with Crippen molar-refractivity contribution >= 4 is 10.8 Å². The third-order valence-corrected chi connectivity index (χ3v) is 3.86. The van der Waals surface area contributed by atoms with E-state index in [2.05, 4.69) is 29.2 Å². The molecule has 0 saturated heterocycles. The van der Waals surface area contributed by atoms with E-state index in [0.717, 1.165) is 35.6 Å². The third kappa shape index (κ3) is 3.29. The normalized spacial score (nSPS) is 12.4. The number of nitrogens with zero attached hydrogens (tertiary/aromatic N) is 1. The molecule has 2 nitrogen and oxygen atoms in total. The van der Waals surface area contributed by atoms with Crippen LogP contribution in [0.15, 0.2) is 67.0 Å². The summed E-state index contributed by atoms with van der Waals surface area (Å²) in [6, 6.07) is 18.4.